The van der Waals surface area contributed by atoms with Crippen molar-refractivity contribution in [3.05, 3.63) is 54.6 Å². The number of nitrogens with zero attached hydrogens (tertiary/aromatic N) is 2. The summed E-state index contributed by atoms with van der Waals surface area (Å²) in [4.78, 5) is 11.7. The summed E-state index contributed by atoms with van der Waals surface area (Å²) in [6.07, 6.45) is 6.46. The molecule has 2 atom stereocenters. The summed E-state index contributed by atoms with van der Waals surface area (Å²) in [5.74, 6) is 1.80. The van der Waals surface area contributed by atoms with Crippen molar-refractivity contribution < 1.29 is 19.7 Å². The maximum absolute atomic E-state index is 9.46. The molecule has 0 radical (unpaired) electrons. The molecule has 2 aliphatic heterocycles. The summed E-state index contributed by atoms with van der Waals surface area (Å²) in [7, 11) is 3.42. The molecule has 2 fully saturated rings. The Morgan fingerprint density at radius 2 is 1.23 bits per heavy atom. The van der Waals surface area contributed by atoms with E-state index in [9.17, 15) is 10.2 Å². The fraction of sp³-hybridized carbons (Fsp3) is 0.515. The zero-order chi connectivity index (χ0) is 31.4. The first kappa shape index (κ1) is 33.8. The number of ether oxygens (including phenoxy) is 2. The van der Waals surface area contributed by atoms with Crippen LogP contribution in [0.4, 0.5) is 0 Å². The number of hydrogen-bond donors (Lipinski definition) is 4. The average Bonchev–Trinajstić information content (AvgIpc) is 3.82. The van der Waals surface area contributed by atoms with E-state index in [0.29, 0.717) is 12.1 Å². The van der Waals surface area contributed by atoms with E-state index < -0.39 is 0 Å². The van der Waals surface area contributed by atoms with Crippen LogP contribution in [0, 0.1) is 6.92 Å². The molecule has 2 aromatic carbocycles. The molecule has 2 saturated heterocycles. The lowest BCUT2D eigenvalue weighted by atomic mass is 10.1. The van der Waals surface area contributed by atoms with Gasteiger partial charge in [0.15, 0.2) is 0 Å². The Kier molecular flexibility index (Phi) is 11.8. The van der Waals surface area contributed by atoms with Crippen LogP contribution >= 0.6 is 47.8 Å². The summed E-state index contributed by atoms with van der Waals surface area (Å²) in [5.41, 5.74) is 5.90. The van der Waals surface area contributed by atoms with Gasteiger partial charge in [-0.15, -0.1) is 0 Å². The third-order valence-electron chi connectivity index (χ3n) is 9.26. The second kappa shape index (κ2) is 15.3. The third kappa shape index (κ3) is 7.04. The molecule has 0 aliphatic carbocycles. The monoisotopic (exact) mass is 796 g/mol. The SMILES string of the molecule is COc1ccc(Br)c2[nH]c(Br)c(CCN3CCCC3CO)c12.COc1ccc(Br)c2[nH]c(C)c(CCN3CCCC3CO)c12. The third-order valence-corrected chi connectivity index (χ3v) is 11.3. The highest BCUT2D eigenvalue weighted by atomic mass is 79.9. The molecule has 4 heterocycles. The summed E-state index contributed by atoms with van der Waals surface area (Å²) in [5, 5.41) is 21.2. The number of aryl methyl sites for hydroxylation is 1. The largest absolute Gasteiger partial charge is 0.496 e. The Morgan fingerprint density at radius 3 is 1.73 bits per heavy atom. The van der Waals surface area contributed by atoms with E-state index in [4.69, 9.17) is 9.47 Å². The van der Waals surface area contributed by atoms with Gasteiger partial charge < -0.3 is 29.7 Å². The van der Waals surface area contributed by atoms with Crippen molar-refractivity contribution in [1.29, 1.82) is 0 Å². The smallest absolute Gasteiger partial charge is 0.128 e. The number of aromatic amines is 2. The highest BCUT2D eigenvalue weighted by Crippen LogP contribution is 2.39. The van der Waals surface area contributed by atoms with Crippen LogP contribution in [0.3, 0.4) is 0 Å². The molecule has 11 heteroatoms. The number of aliphatic hydroxyl groups is 2. The van der Waals surface area contributed by atoms with Crippen molar-refractivity contribution >= 4 is 69.6 Å². The Hall–Kier alpha value is -1.60. The summed E-state index contributed by atoms with van der Waals surface area (Å²) in [6, 6.07) is 8.66. The summed E-state index contributed by atoms with van der Waals surface area (Å²) >= 11 is 10.9. The van der Waals surface area contributed by atoms with E-state index in [1.54, 1.807) is 14.2 Å². The highest BCUT2D eigenvalue weighted by Gasteiger charge is 2.26. The van der Waals surface area contributed by atoms with Crippen LogP contribution in [-0.4, -0.2) is 95.7 Å². The van der Waals surface area contributed by atoms with Gasteiger partial charge in [0.25, 0.3) is 0 Å². The fourth-order valence-corrected chi connectivity index (χ4v) is 8.35. The number of aliphatic hydroxyl groups excluding tert-OH is 2. The molecular formula is C33H43Br3N4O4. The van der Waals surface area contributed by atoms with E-state index in [1.807, 2.05) is 24.3 Å². The van der Waals surface area contributed by atoms with Gasteiger partial charge in [0.05, 0.1) is 43.1 Å². The molecule has 2 aromatic heterocycles. The molecule has 0 saturated carbocycles. The van der Waals surface area contributed by atoms with Gasteiger partial charge in [0.1, 0.15) is 11.5 Å². The van der Waals surface area contributed by atoms with Gasteiger partial charge in [-0.3, -0.25) is 9.80 Å². The number of H-pyrrole nitrogens is 2. The second-order valence-electron chi connectivity index (χ2n) is 11.7. The quantitative estimate of drug-likeness (QED) is 0.139. The molecule has 240 valence electrons. The molecule has 2 aliphatic rings. The van der Waals surface area contributed by atoms with Crippen molar-refractivity contribution in [2.75, 3.05) is 53.6 Å². The standard InChI is InChI=1S/C17H23BrN2O2.C16H20Br2N2O2/c1-11-13(7-9-20-8-3-4-12(20)10-21)16-15(22-2)6-5-14(18)17(16)19-11;1-22-13-5-4-12(17)15-14(13)11(16(18)19-15)6-8-20-7-2-3-10(20)9-21/h5-6,12,19,21H,3-4,7-10H2,1-2H3;4-5,10,19,21H,2-3,6-9H2,1H3. The number of rotatable bonds is 10. The molecule has 0 spiro atoms. The van der Waals surface area contributed by atoms with Gasteiger partial charge in [0, 0.05) is 50.6 Å². The molecular weight excluding hydrogens is 756 g/mol. The van der Waals surface area contributed by atoms with Gasteiger partial charge in [-0.25, -0.2) is 0 Å². The lowest BCUT2D eigenvalue weighted by Gasteiger charge is -2.22. The molecule has 4 aromatic rings. The number of fused-ring (bicyclic) bond motifs is 2. The normalized spacial score (nSPS) is 19.2. The van der Waals surface area contributed by atoms with Crippen molar-refractivity contribution in [3.8, 4) is 11.5 Å². The molecule has 44 heavy (non-hydrogen) atoms. The van der Waals surface area contributed by atoms with Gasteiger partial charge in [-0.2, -0.15) is 0 Å². The van der Waals surface area contributed by atoms with Crippen molar-refractivity contribution in [2.24, 2.45) is 0 Å². The summed E-state index contributed by atoms with van der Waals surface area (Å²) < 4.78 is 14.2. The van der Waals surface area contributed by atoms with Crippen LogP contribution in [0.15, 0.2) is 37.8 Å². The van der Waals surface area contributed by atoms with Crippen LogP contribution in [0.1, 0.15) is 42.5 Å². The summed E-state index contributed by atoms with van der Waals surface area (Å²) in [6.45, 7) is 6.74. The maximum atomic E-state index is 9.46. The number of nitrogens with one attached hydrogen (secondary N) is 2. The Balaban J connectivity index is 0.000000175. The lowest BCUT2D eigenvalue weighted by molar-refractivity contribution is 0.160. The molecule has 6 rings (SSSR count). The first-order chi connectivity index (χ1) is 21.3. The highest BCUT2D eigenvalue weighted by molar-refractivity contribution is 9.11. The lowest BCUT2D eigenvalue weighted by Crippen LogP contribution is -2.33. The topological polar surface area (TPSA) is 97.0 Å². The van der Waals surface area contributed by atoms with Crippen molar-refractivity contribution in [1.82, 2.24) is 19.8 Å². The molecule has 8 nitrogen and oxygen atoms in total. The van der Waals surface area contributed by atoms with E-state index in [-0.39, 0.29) is 13.2 Å². The Labute approximate surface area is 284 Å². The van der Waals surface area contributed by atoms with Gasteiger partial charge in [-0.1, -0.05) is 0 Å². The average molecular weight is 799 g/mol. The van der Waals surface area contributed by atoms with Crippen LogP contribution in [0.2, 0.25) is 0 Å². The van der Waals surface area contributed by atoms with Crippen LogP contribution in [0.25, 0.3) is 21.8 Å². The zero-order valence-corrected chi connectivity index (χ0v) is 30.4. The molecule has 4 N–H and O–H groups in total. The maximum Gasteiger partial charge on any atom is 0.128 e. The van der Waals surface area contributed by atoms with Crippen LogP contribution in [0.5, 0.6) is 11.5 Å². The Morgan fingerprint density at radius 1 is 0.750 bits per heavy atom. The van der Waals surface area contributed by atoms with Crippen molar-refractivity contribution in [3.63, 3.8) is 0 Å². The van der Waals surface area contributed by atoms with E-state index in [2.05, 4.69) is 74.5 Å². The van der Waals surface area contributed by atoms with E-state index >= 15 is 0 Å². The number of halogens is 3. The first-order valence-corrected chi connectivity index (χ1v) is 17.7. The number of likely N-dealkylation sites (tertiary alicyclic amines) is 2. The molecule has 0 amide bonds. The van der Waals surface area contributed by atoms with E-state index in [0.717, 1.165) is 93.3 Å². The van der Waals surface area contributed by atoms with Gasteiger partial charge in [0.2, 0.25) is 0 Å². The minimum atomic E-state index is 0.254. The predicted molar refractivity (Wildman–Crippen MR) is 188 cm³/mol. The first-order valence-electron chi connectivity index (χ1n) is 15.4. The zero-order valence-electron chi connectivity index (χ0n) is 25.7. The van der Waals surface area contributed by atoms with Crippen LogP contribution < -0.4 is 9.47 Å². The minimum absolute atomic E-state index is 0.254. The Bertz CT molecular complexity index is 1460. The number of aromatic nitrogens is 2. The number of benzene rings is 2. The second-order valence-corrected chi connectivity index (χ2v) is 14.2. The molecule has 2 unspecified atom stereocenters. The van der Waals surface area contributed by atoms with Crippen molar-refractivity contribution in [2.45, 2.75) is 57.5 Å². The van der Waals surface area contributed by atoms with Gasteiger partial charge >= 0.3 is 0 Å². The fourth-order valence-electron chi connectivity index (χ4n) is 6.90. The number of methoxy groups -OCH3 is 2. The van der Waals surface area contributed by atoms with Gasteiger partial charge in [-0.05, 0) is 142 Å². The number of hydrogen-bond acceptors (Lipinski definition) is 6. The van der Waals surface area contributed by atoms with E-state index in [1.165, 1.54) is 35.0 Å². The minimum Gasteiger partial charge on any atom is -0.496 e. The predicted octanol–water partition coefficient (Wildman–Crippen LogP) is 6.95. The molecule has 0 bridgehead atoms. The van der Waals surface area contributed by atoms with Crippen LogP contribution in [-0.2, 0) is 12.8 Å².